The van der Waals surface area contributed by atoms with Gasteiger partial charge in [0.25, 0.3) is 0 Å². The maximum Gasteiger partial charge on any atom is 0.238 e. The van der Waals surface area contributed by atoms with Gasteiger partial charge in [-0.3, -0.25) is 9.69 Å². The molecule has 0 aliphatic rings. The van der Waals surface area contributed by atoms with Crippen molar-refractivity contribution in [2.75, 3.05) is 25.0 Å². The molecule has 0 aliphatic carbocycles. The van der Waals surface area contributed by atoms with Gasteiger partial charge in [-0.1, -0.05) is 19.1 Å². The van der Waals surface area contributed by atoms with E-state index in [1.165, 1.54) is 24.3 Å². The van der Waals surface area contributed by atoms with Gasteiger partial charge in [0.1, 0.15) is 5.82 Å². The zero-order valence-corrected chi connectivity index (χ0v) is 11.0. The lowest BCUT2D eigenvalue weighted by molar-refractivity contribution is -0.117. The van der Waals surface area contributed by atoms with E-state index in [-0.39, 0.29) is 18.3 Å². The van der Waals surface area contributed by atoms with Gasteiger partial charge in [0, 0.05) is 12.2 Å². The van der Waals surface area contributed by atoms with Crippen molar-refractivity contribution in [3.05, 3.63) is 30.1 Å². The number of nitrogens with zero attached hydrogens (tertiary/aromatic N) is 1. The second kappa shape index (κ2) is 7.03. The summed E-state index contributed by atoms with van der Waals surface area (Å²) in [6.07, 6.45) is 0. The summed E-state index contributed by atoms with van der Waals surface area (Å²) in [7, 11) is 0. The van der Waals surface area contributed by atoms with Crippen LogP contribution in [0.15, 0.2) is 24.3 Å². The van der Waals surface area contributed by atoms with Crippen molar-refractivity contribution in [3.8, 4) is 0 Å². The maximum absolute atomic E-state index is 12.7. The normalized spacial score (nSPS) is 10.4. The summed E-state index contributed by atoms with van der Waals surface area (Å²) in [5, 5.41) is 2.68. The van der Waals surface area contributed by atoms with Crippen LogP contribution < -0.4 is 11.1 Å². The van der Waals surface area contributed by atoms with Crippen LogP contribution in [0, 0.1) is 5.82 Å². The zero-order valence-electron chi connectivity index (χ0n) is 10.1. The molecule has 1 rings (SSSR count). The van der Waals surface area contributed by atoms with E-state index in [1.54, 1.807) is 0 Å². The SMILES string of the molecule is CCN(CC(=O)Nc1ccc(F)cc1)CC(N)=S. The van der Waals surface area contributed by atoms with E-state index in [0.717, 1.165) is 0 Å². The number of amides is 1. The van der Waals surface area contributed by atoms with Crippen molar-refractivity contribution in [3.63, 3.8) is 0 Å². The molecule has 0 bridgehead atoms. The lowest BCUT2D eigenvalue weighted by Gasteiger charge is -2.18. The number of benzene rings is 1. The summed E-state index contributed by atoms with van der Waals surface area (Å²) in [6, 6.07) is 5.61. The van der Waals surface area contributed by atoms with Crippen molar-refractivity contribution in [2.45, 2.75) is 6.92 Å². The largest absolute Gasteiger partial charge is 0.392 e. The topological polar surface area (TPSA) is 58.4 Å². The number of carbonyl (C=O) groups is 1. The van der Waals surface area contributed by atoms with Gasteiger partial charge in [-0.05, 0) is 30.8 Å². The second-order valence-corrected chi connectivity index (χ2v) is 4.35. The Hall–Kier alpha value is -1.53. The highest BCUT2D eigenvalue weighted by molar-refractivity contribution is 7.80. The Balaban J connectivity index is 2.49. The van der Waals surface area contributed by atoms with E-state index in [1.807, 2.05) is 11.8 Å². The lowest BCUT2D eigenvalue weighted by Crippen LogP contribution is -2.38. The standard InChI is InChI=1S/C12H16FN3OS/c1-2-16(7-11(14)18)8-12(17)15-10-5-3-9(13)4-6-10/h3-6H,2,7-8H2,1H3,(H2,14,18)(H,15,17). The van der Waals surface area contributed by atoms with Gasteiger partial charge >= 0.3 is 0 Å². The fraction of sp³-hybridized carbons (Fsp3) is 0.333. The molecule has 1 amide bonds. The second-order valence-electron chi connectivity index (χ2n) is 3.82. The monoisotopic (exact) mass is 269 g/mol. The molecule has 0 unspecified atom stereocenters. The minimum Gasteiger partial charge on any atom is -0.392 e. The van der Waals surface area contributed by atoms with E-state index in [2.05, 4.69) is 5.32 Å². The lowest BCUT2D eigenvalue weighted by atomic mass is 10.3. The predicted octanol–water partition coefficient (Wildman–Crippen LogP) is 1.37. The van der Waals surface area contributed by atoms with Gasteiger partial charge in [-0.25, -0.2) is 4.39 Å². The first-order chi connectivity index (χ1) is 8.51. The number of halogens is 1. The molecule has 0 saturated heterocycles. The van der Waals surface area contributed by atoms with Gasteiger partial charge in [0.15, 0.2) is 0 Å². The van der Waals surface area contributed by atoms with Crippen LogP contribution in [-0.2, 0) is 4.79 Å². The molecular formula is C12H16FN3OS. The van der Waals surface area contributed by atoms with Crippen LogP contribution in [0.2, 0.25) is 0 Å². The summed E-state index contributed by atoms with van der Waals surface area (Å²) in [4.78, 5) is 13.9. The molecule has 0 fully saturated rings. The number of hydrogen-bond donors (Lipinski definition) is 2. The maximum atomic E-state index is 12.7. The van der Waals surface area contributed by atoms with Crippen LogP contribution in [0.3, 0.4) is 0 Å². The molecule has 0 aromatic heterocycles. The van der Waals surface area contributed by atoms with Gasteiger partial charge in [0.2, 0.25) is 5.91 Å². The van der Waals surface area contributed by atoms with Crippen LogP contribution in [-0.4, -0.2) is 35.4 Å². The molecule has 0 saturated carbocycles. The molecule has 18 heavy (non-hydrogen) atoms. The fourth-order valence-electron chi connectivity index (χ4n) is 1.44. The quantitative estimate of drug-likeness (QED) is 0.766. The average Bonchev–Trinajstić information content (AvgIpc) is 2.30. The number of nitrogens with one attached hydrogen (secondary N) is 1. The molecule has 1 aromatic rings. The van der Waals surface area contributed by atoms with Crippen LogP contribution in [0.5, 0.6) is 0 Å². The van der Waals surface area contributed by atoms with E-state index >= 15 is 0 Å². The molecule has 4 nitrogen and oxygen atoms in total. The van der Waals surface area contributed by atoms with Crippen molar-refractivity contribution in [1.82, 2.24) is 4.90 Å². The Kier molecular flexibility index (Phi) is 5.67. The van der Waals surface area contributed by atoms with E-state index < -0.39 is 0 Å². The summed E-state index contributed by atoms with van der Waals surface area (Å²) in [6.45, 7) is 3.20. The van der Waals surface area contributed by atoms with E-state index in [4.69, 9.17) is 18.0 Å². The molecule has 0 atom stereocenters. The Bertz CT molecular complexity index is 422. The molecule has 1 aromatic carbocycles. The number of hydrogen-bond acceptors (Lipinski definition) is 3. The minimum atomic E-state index is -0.336. The van der Waals surface area contributed by atoms with Gasteiger partial charge < -0.3 is 11.1 Å². The molecule has 0 aliphatic heterocycles. The number of likely N-dealkylation sites (N-methyl/N-ethyl adjacent to an activating group) is 1. The minimum absolute atomic E-state index is 0.181. The van der Waals surface area contributed by atoms with E-state index in [9.17, 15) is 9.18 Å². The highest BCUT2D eigenvalue weighted by Gasteiger charge is 2.10. The first-order valence-electron chi connectivity index (χ1n) is 5.57. The average molecular weight is 269 g/mol. The number of nitrogens with two attached hydrogens (primary N) is 1. The van der Waals surface area contributed by atoms with E-state index in [0.29, 0.717) is 23.8 Å². The number of carbonyl (C=O) groups excluding carboxylic acids is 1. The number of thiocarbonyl (C=S) groups is 1. The molecule has 0 heterocycles. The first kappa shape index (κ1) is 14.5. The Morgan fingerprint density at radius 1 is 1.39 bits per heavy atom. The van der Waals surface area contributed by atoms with Crippen molar-refractivity contribution in [2.24, 2.45) is 5.73 Å². The Labute approximate surface area is 111 Å². The summed E-state index contributed by atoms with van der Waals surface area (Å²) >= 11 is 4.80. The van der Waals surface area contributed by atoms with Crippen LogP contribution in [0.1, 0.15) is 6.92 Å². The van der Waals surface area contributed by atoms with Gasteiger partial charge in [-0.2, -0.15) is 0 Å². The highest BCUT2D eigenvalue weighted by Crippen LogP contribution is 2.08. The molecule has 6 heteroatoms. The molecule has 0 spiro atoms. The van der Waals surface area contributed by atoms with Gasteiger partial charge in [-0.15, -0.1) is 0 Å². The molecule has 3 N–H and O–H groups in total. The van der Waals surface area contributed by atoms with Crippen LogP contribution >= 0.6 is 12.2 Å². The van der Waals surface area contributed by atoms with Gasteiger partial charge in [0.05, 0.1) is 11.5 Å². The van der Waals surface area contributed by atoms with Crippen molar-refractivity contribution in [1.29, 1.82) is 0 Å². The third kappa shape index (κ3) is 5.20. The zero-order chi connectivity index (χ0) is 13.5. The number of anilines is 1. The summed E-state index contributed by atoms with van der Waals surface area (Å²) in [5.41, 5.74) is 5.99. The fourth-order valence-corrected chi connectivity index (χ4v) is 1.62. The summed E-state index contributed by atoms with van der Waals surface area (Å²) in [5.74, 6) is -0.517. The molecule has 98 valence electrons. The molecule has 0 radical (unpaired) electrons. The van der Waals surface area contributed by atoms with Crippen LogP contribution in [0.4, 0.5) is 10.1 Å². The third-order valence-electron chi connectivity index (χ3n) is 2.32. The van der Waals surface area contributed by atoms with Crippen molar-refractivity contribution >= 4 is 28.8 Å². The summed E-state index contributed by atoms with van der Waals surface area (Å²) < 4.78 is 12.7. The Morgan fingerprint density at radius 2 is 2.00 bits per heavy atom. The smallest absolute Gasteiger partial charge is 0.238 e. The number of rotatable bonds is 6. The first-order valence-corrected chi connectivity index (χ1v) is 5.98. The predicted molar refractivity (Wildman–Crippen MR) is 73.9 cm³/mol. The highest BCUT2D eigenvalue weighted by atomic mass is 32.1. The van der Waals surface area contributed by atoms with Crippen LogP contribution in [0.25, 0.3) is 0 Å². The third-order valence-corrected chi connectivity index (χ3v) is 2.45. The Morgan fingerprint density at radius 3 is 2.50 bits per heavy atom. The van der Waals surface area contributed by atoms with Crippen molar-refractivity contribution < 1.29 is 9.18 Å². The molecular weight excluding hydrogens is 253 g/mol.